The molecule has 0 aliphatic carbocycles. The molecule has 1 atom stereocenters. The van der Waals surface area contributed by atoms with Crippen LogP contribution in [0.3, 0.4) is 0 Å². The van der Waals surface area contributed by atoms with E-state index in [1.807, 2.05) is 32.6 Å². The van der Waals surface area contributed by atoms with E-state index in [0.29, 0.717) is 25.3 Å². The second-order valence-electron chi connectivity index (χ2n) is 6.43. The van der Waals surface area contributed by atoms with Gasteiger partial charge in [0.1, 0.15) is 11.3 Å². The van der Waals surface area contributed by atoms with Gasteiger partial charge in [-0.05, 0) is 27.7 Å². The topological polar surface area (TPSA) is 98.5 Å². The number of ether oxygens (including phenoxy) is 1. The molecule has 0 radical (unpaired) electrons. The van der Waals surface area contributed by atoms with E-state index in [2.05, 4.69) is 9.97 Å². The molecule has 1 amide bonds. The number of carbonyl (C=O) groups is 1. The molecule has 1 fully saturated rings. The van der Waals surface area contributed by atoms with Crippen LogP contribution in [-0.4, -0.2) is 52.2 Å². The van der Waals surface area contributed by atoms with Gasteiger partial charge in [-0.2, -0.15) is 0 Å². The Bertz CT molecular complexity index is 658. The fourth-order valence-corrected chi connectivity index (χ4v) is 2.41. The Morgan fingerprint density at radius 3 is 2.55 bits per heavy atom. The number of aromatic nitrogens is 2. The average Bonchev–Trinajstić information content (AvgIpc) is 2.36. The summed E-state index contributed by atoms with van der Waals surface area (Å²) in [5.74, 6) is 0. The number of H-pyrrole nitrogens is 2. The van der Waals surface area contributed by atoms with E-state index in [-0.39, 0.29) is 12.1 Å². The van der Waals surface area contributed by atoms with Gasteiger partial charge in [-0.25, -0.2) is 9.59 Å². The van der Waals surface area contributed by atoms with Crippen molar-refractivity contribution in [3.8, 4) is 0 Å². The van der Waals surface area contributed by atoms with Crippen molar-refractivity contribution in [2.24, 2.45) is 0 Å². The van der Waals surface area contributed by atoms with Crippen molar-refractivity contribution < 1.29 is 9.53 Å². The van der Waals surface area contributed by atoms with Gasteiger partial charge >= 0.3 is 11.8 Å². The summed E-state index contributed by atoms with van der Waals surface area (Å²) < 4.78 is 5.38. The number of rotatable bonds is 1. The van der Waals surface area contributed by atoms with Crippen molar-refractivity contribution in [3.63, 3.8) is 0 Å². The Morgan fingerprint density at radius 1 is 1.32 bits per heavy atom. The number of hydrogen-bond acceptors (Lipinski definition) is 5. The standard InChI is InChI=1S/C14H22N4O4/c1-9-8-17(10-7-15-12(20)16-11(10)19)5-6-18(9)13(21)22-14(2,3)4/h7,9H,5-6,8H2,1-4H3,(H2,15,16,19,20)/t9-/m1/s1. The Hall–Kier alpha value is -2.25. The van der Waals surface area contributed by atoms with Crippen LogP contribution in [0.4, 0.5) is 10.5 Å². The third kappa shape index (κ3) is 3.69. The van der Waals surface area contributed by atoms with Crippen molar-refractivity contribution in [1.29, 1.82) is 0 Å². The lowest BCUT2D eigenvalue weighted by molar-refractivity contribution is 0.0159. The van der Waals surface area contributed by atoms with Gasteiger partial charge in [0, 0.05) is 31.9 Å². The van der Waals surface area contributed by atoms with Crippen molar-refractivity contribution in [1.82, 2.24) is 14.9 Å². The maximum absolute atomic E-state index is 12.1. The van der Waals surface area contributed by atoms with Crippen molar-refractivity contribution in [3.05, 3.63) is 27.0 Å². The summed E-state index contributed by atoms with van der Waals surface area (Å²) in [5, 5.41) is 0. The normalized spacial score (nSPS) is 19.2. The molecule has 2 heterocycles. The summed E-state index contributed by atoms with van der Waals surface area (Å²) in [5.41, 5.74) is -1.10. The average molecular weight is 310 g/mol. The number of piperazine rings is 1. The first-order chi connectivity index (χ1) is 10.2. The number of nitrogens with one attached hydrogen (secondary N) is 2. The lowest BCUT2D eigenvalue weighted by Crippen LogP contribution is -2.56. The molecule has 2 N–H and O–H groups in total. The molecule has 1 aromatic rings. The molecule has 0 aromatic carbocycles. The van der Waals surface area contributed by atoms with Gasteiger partial charge in [-0.1, -0.05) is 0 Å². The highest BCUT2D eigenvalue weighted by Gasteiger charge is 2.31. The zero-order chi connectivity index (χ0) is 16.5. The van der Waals surface area contributed by atoms with Crippen molar-refractivity contribution in [2.75, 3.05) is 24.5 Å². The largest absolute Gasteiger partial charge is 0.444 e. The van der Waals surface area contributed by atoms with E-state index in [4.69, 9.17) is 4.74 Å². The molecular weight excluding hydrogens is 288 g/mol. The maximum Gasteiger partial charge on any atom is 0.410 e. The number of aromatic amines is 2. The van der Waals surface area contributed by atoms with Crippen LogP contribution in [0.5, 0.6) is 0 Å². The minimum absolute atomic E-state index is 0.102. The number of amides is 1. The van der Waals surface area contributed by atoms with Crippen LogP contribution in [0.15, 0.2) is 15.8 Å². The molecule has 22 heavy (non-hydrogen) atoms. The van der Waals surface area contributed by atoms with Crippen LogP contribution in [0, 0.1) is 0 Å². The molecular formula is C14H22N4O4. The van der Waals surface area contributed by atoms with Gasteiger partial charge in [0.2, 0.25) is 0 Å². The third-order valence-corrected chi connectivity index (χ3v) is 3.40. The van der Waals surface area contributed by atoms with E-state index in [1.165, 1.54) is 6.20 Å². The zero-order valence-electron chi connectivity index (χ0n) is 13.3. The lowest BCUT2D eigenvalue weighted by Gasteiger charge is -2.40. The van der Waals surface area contributed by atoms with E-state index in [0.717, 1.165) is 0 Å². The molecule has 2 rings (SSSR count). The van der Waals surface area contributed by atoms with E-state index in [1.54, 1.807) is 4.90 Å². The Kier molecular flexibility index (Phi) is 4.30. The van der Waals surface area contributed by atoms with E-state index in [9.17, 15) is 14.4 Å². The Labute approximate surface area is 128 Å². The number of anilines is 1. The lowest BCUT2D eigenvalue weighted by atomic mass is 10.2. The van der Waals surface area contributed by atoms with Crippen molar-refractivity contribution >= 4 is 11.8 Å². The van der Waals surface area contributed by atoms with Crippen LogP contribution >= 0.6 is 0 Å². The van der Waals surface area contributed by atoms with E-state index < -0.39 is 16.9 Å². The molecule has 0 unspecified atom stereocenters. The molecule has 0 saturated carbocycles. The second-order valence-corrected chi connectivity index (χ2v) is 6.43. The van der Waals surface area contributed by atoms with Crippen LogP contribution < -0.4 is 16.1 Å². The van der Waals surface area contributed by atoms with Gasteiger partial charge in [0.05, 0.1) is 0 Å². The summed E-state index contributed by atoms with van der Waals surface area (Å²) >= 11 is 0. The predicted octanol–water partition coefficient (Wildman–Crippen LogP) is 0.509. The molecule has 1 aliphatic heterocycles. The number of hydrogen-bond donors (Lipinski definition) is 2. The van der Waals surface area contributed by atoms with E-state index >= 15 is 0 Å². The summed E-state index contributed by atoms with van der Waals surface area (Å²) in [6, 6.07) is -0.102. The predicted molar refractivity (Wildman–Crippen MR) is 82.3 cm³/mol. The maximum atomic E-state index is 12.1. The van der Waals surface area contributed by atoms with Crippen LogP contribution in [-0.2, 0) is 4.74 Å². The SMILES string of the molecule is C[C@@H]1CN(c2c[nH]c(=O)[nH]c2=O)CCN1C(=O)OC(C)(C)C. The highest BCUT2D eigenvalue weighted by molar-refractivity contribution is 5.69. The van der Waals surface area contributed by atoms with Crippen LogP contribution in [0.2, 0.25) is 0 Å². The minimum Gasteiger partial charge on any atom is -0.444 e. The van der Waals surface area contributed by atoms with Gasteiger partial charge in [0.25, 0.3) is 5.56 Å². The highest BCUT2D eigenvalue weighted by atomic mass is 16.6. The monoisotopic (exact) mass is 310 g/mol. The molecule has 1 aliphatic rings. The molecule has 8 heteroatoms. The van der Waals surface area contributed by atoms with Crippen LogP contribution in [0.25, 0.3) is 0 Å². The fraction of sp³-hybridized carbons (Fsp3) is 0.643. The summed E-state index contributed by atoms with van der Waals surface area (Å²) in [4.78, 5) is 43.2. The van der Waals surface area contributed by atoms with Gasteiger partial charge in [0.15, 0.2) is 0 Å². The minimum atomic E-state index is -0.538. The molecule has 8 nitrogen and oxygen atoms in total. The third-order valence-electron chi connectivity index (χ3n) is 3.40. The zero-order valence-corrected chi connectivity index (χ0v) is 13.3. The molecule has 122 valence electrons. The number of nitrogens with zero attached hydrogens (tertiary/aromatic N) is 2. The first-order valence-electron chi connectivity index (χ1n) is 7.24. The quantitative estimate of drug-likeness (QED) is 0.787. The first-order valence-corrected chi connectivity index (χ1v) is 7.24. The van der Waals surface area contributed by atoms with Gasteiger partial charge in [-0.15, -0.1) is 0 Å². The number of carbonyl (C=O) groups excluding carboxylic acids is 1. The summed E-state index contributed by atoms with van der Waals surface area (Å²) in [7, 11) is 0. The summed E-state index contributed by atoms with van der Waals surface area (Å²) in [6.45, 7) is 8.82. The molecule has 0 bridgehead atoms. The molecule has 0 spiro atoms. The highest BCUT2D eigenvalue weighted by Crippen LogP contribution is 2.17. The Morgan fingerprint density at radius 2 is 2.00 bits per heavy atom. The summed E-state index contributed by atoms with van der Waals surface area (Å²) in [6.07, 6.45) is 1.05. The fourth-order valence-electron chi connectivity index (χ4n) is 2.41. The molecule has 1 aromatic heterocycles. The smallest absolute Gasteiger partial charge is 0.410 e. The van der Waals surface area contributed by atoms with Crippen LogP contribution in [0.1, 0.15) is 27.7 Å². The second kappa shape index (κ2) is 5.86. The van der Waals surface area contributed by atoms with Gasteiger partial charge < -0.3 is 19.5 Å². The molecule has 1 saturated heterocycles. The first kappa shape index (κ1) is 16.1. The van der Waals surface area contributed by atoms with Gasteiger partial charge in [-0.3, -0.25) is 9.78 Å². The Balaban J connectivity index is 2.08. The van der Waals surface area contributed by atoms with Crippen molar-refractivity contribution in [2.45, 2.75) is 39.3 Å².